The Bertz CT molecular complexity index is 767. The van der Waals surface area contributed by atoms with Crippen LogP contribution < -0.4 is 10.2 Å². The molecule has 2 aliphatic heterocycles. The van der Waals surface area contributed by atoms with Crippen LogP contribution in [0.15, 0.2) is 42.5 Å². The number of fused-ring (bicyclic) bond motifs is 1. The Morgan fingerprint density at radius 2 is 1.88 bits per heavy atom. The number of aliphatic hydroxyl groups is 1. The van der Waals surface area contributed by atoms with Gasteiger partial charge in [0.05, 0.1) is 13.2 Å². The highest BCUT2D eigenvalue weighted by atomic mass is 35.5. The van der Waals surface area contributed by atoms with E-state index >= 15 is 0 Å². The van der Waals surface area contributed by atoms with E-state index in [1.54, 1.807) is 0 Å². The van der Waals surface area contributed by atoms with Gasteiger partial charge < -0.3 is 20.1 Å². The zero-order valence-electron chi connectivity index (χ0n) is 13.2. The molecule has 1 fully saturated rings. The Balaban J connectivity index is 1.60. The van der Waals surface area contributed by atoms with Gasteiger partial charge in [0.1, 0.15) is 0 Å². The number of nitrogens with zero attached hydrogens (tertiary/aromatic N) is 1. The minimum absolute atomic E-state index is 0.665. The fourth-order valence-corrected chi connectivity index (χ4v) is 3.36. The molecule has 0 spiro atoms. The van der Waals surface area contributed by atoms with Gasteiger partial charge in [0.25, 0.3) is 0 Å². The highest BCUT2D eigenvalue weighted by Crippen LogP contribution is 2.37. The van der Waals surface area contributed by atoms with E-state index < -0.39 is 6.23 Å². The molecule has 0 saturated carbocycles. The molecule has 0 radical (unpaired) electrons. The molecule has 4 rings (SSSR count). The maximum Gasteiger partial charge on any atom is 0.151 e. The number of benzene rings is 2. The van der Waals surface area contributed by atoms with Crippen LogP contribution in [0.25, 0.3) is 11.6 Å². The number of hydrogen-bond acceptors (Lipinski definition) is 4. The minimum Gasteiger partial charge on any atom is -0.378 e. The van der Waals surface area contributed by atoms with Gasteiger partial charge in [-0.25, -0.2) is 0 Å². The Kier molecular flexibility index (Phi) is 4.19. The van der Waals surface area contributed by atoms with Crippen molar-refractivity contribution in [2.24, 2.45) is 0 Å². The molecule has 24 heavy (non-hydrogen) atoms. The SMILES string of the molecule is OC1Nc2ccc(Cl)cc2/C1=C/c1ccc(N2CCOCC2)cc1. The van der Waals surface area contributed by atoms with Gasteiger partial charge in [-0.1, -0.05) is 23.7 Å². The number of nitrogens with one attached hydrogen (secondary N) is 1. The molecule has 2 aliphatic rings. The van der Waals surface area contributed by atoms with Crippen LogP contribution in [0.3, 0.4) is 0 Å². The predicted molar refractivity (Wildman–Crippen MR) is 98.4 cm³/mol. The second-order valence-corrected chi connectivity index (χ2v) is 6.46. The third-order valence-electron chi connectivity index (χ3n) is 4.47. The van der Waals surface area contributed by atoms with Crippen molar-refractivity contribution >= 4 is 34.6 Å². The fourth-order valence-electron chi connectivity index (χ4n) is 3.19. The fraction of sp³-hybridized carbons (Fsp3) is 0.263. The maximum atomic E-state index is 10.3. The maximum absolute atomic E-state index is 10.3. The lowest BCUT2D eigenvalue weighted by Gasteiger charge is -2.28. The molecule has 4 nitrogen and oxygen atoms in total. The van der Waals surface area contributed by atoms with Crippen LogP contribution in [0.2, 0.25) is 5.02 Å². The average Bonchev–Trinajstić information content (AvgIpc) is 2.92. The highest BCUT2D eigenvalue weighted by molar-refractivity contribution is 6.31. The van der Waals surface area contributed by atoms with E-state index in [0.29, 0.717) is 5.02 Å². The number of hydrogen-bond donors (Lipinski definition) is 2. The van der Waals surface area contributed by atoms with E-state index in [2.05, 4.69) is 34.5 Å². The molecule has 2 aromatic rings. The summed E-state index contributed by atoms with van der Waals surface area (Å²) in [5.41, 5.74) is 4.95. The standard InChI is InChI=1S/C19H19ClN2O2/c20-14-3-6-18-16(12-14)17(19(23)21-18)11-13-1-4-15(5-2-13)22-7-9-24-10-8-22/h1-6,11-12,19,21,23H,7-10H2/b17-11-. The van der Waals surface area contributed by atoms with Crippen molar-refractivity contribution in [2.75, 3.05) is 36.5 Å². The van der Waals surface area contributed by atoms with Gasteiger partial charge in [-0.2, -0.15) is 0 Å². The lowest BCUT2D eigenvalue weighted by Crippen LogP contribution is -2.36. The van der Waals surface area contributed by atoms with Gasteiger partial charge in [-0.3, -0.25) is 0 Å². The summed E-state index contributed by atoms with van der Waals surface area (Å²) >= 11 is 6.09. The molecule has 0 amide bonds. The average molecular weight is 343 g/mol. The van der Waals surface area contributed by atoms with Gasteiger partial charge in [0, 0.05) is 40.6 Å². The third kappa shape index (κ3) is 3.00. The summed E-state index contributed by atoms with van der Waals surface area (Å²) in [5, 5.41) is 14.0. The summed E-state index contributed by atoms with van der Waals surface area (Å²) < 4.78 is 5.39. The van der Waals surface area contributed by atoms with Crippen molar-refractivity contribution in [3.05, 3.63) is 58.6 Å². The van der Waals surface area contributed by atoms with Crippen LogP contribution in [0.1, 0.15) is 11.1 Å². The number of rotatable bonds is 2. The zero-order valence-corrected chi connectivity index (χ0v) is 14.0. The summed E-state index contributed by atoms with van der Waals surface area (Å²) in [7, 11) is 0. The van der Waals surface area contributed by atoms with E-state index in [1.165, 1.54) is 5.69 Å². The van der Waals surface area contributed by atoms with Crippen LogP contribution in [-0.4, -0.2) is 37.6 Å². The zero-order chi connectivity index (χ0) is 16.5. The summed E-state index contributed by atoms with van der Waals surface area (Å²) in [6.07, 6.45) is 1.29. The van der Waals surface area contributed by atoms with Crippen molar-refractivity contribution in [1.82, 2.24) is 0 Å². The molecule has 124 valence electrons. The topological polar surface area (TPSA) is 44.7 Å². The van der Waals surface area contributed by atoms with Gasteiger partial charge in [0.2, 0.25) is 0 Å². The molecule has 5 heteroatoms. The molecular formula is C19H19ClN2O2. The lowest BCUT2D eigenvalue weighted by atomic mass is 10.0. The normalized spacial score (nSPS) is 21.7. The summed E-state index contributed by atoms with van der Waals surface area (Å²) in [4.78, 5) is 2.32. The van der Waals surface area contributed by atoms with E-state index in [4.69, 9.17) is 16.3 Å². The first-order valence-corrected chi connectivity index (χ1v) is 8.47. The van der Waals surface area contributed by atoms with Gasteiger partial charge in [0.15, 0.2) is 6.23 Å². The number of halogens is 1. The summed E-state index contributed by atoms with van der Waals surface area (Å²) in [5.74, 6) is 0. The van der Waals surface area contributed by atoms with E-state index in [-0.39, 0.29) is 0 Å². The molecule has 1 saturated heterocycles. The van der Waals surface area contributed by atoms with E-state index in [1.807, 2.05) is 24.3 Å². The number of morpholine rings is 1. The Morgan fingerprint density at radius 3 is 2.62 bits per heavy atom. The predicted octanol–water partition coefficient (Wildman–Crippen LogP) is 3.46. The van der Waals surface area contributed by atoms with Crippen LogP contribution in [0.5, 0.6) is 0 Å². The van der Waals surface area contributed by atoms with Gasteiger partial charge in [-0.05, 0) is 42.0 Å². The Morgan fingerprint density at radius 1 is 1.12 bits per heavy atom. The van der Waals surface area contributed by atoms with Crippen molar-refractivity contribution in [2.45, 2.75) is 6.23 Å². The second kappa shape index (κ2) is 6.48. The van der Waals surface area contributed by atoms with Crippen molar-refractivity contribution in [3.8, 4) is 0 Å². The lowest BCUT2D eigenvalue weighted by molar-refractivity contribution is 0.122. The smallest absolute Gasteiger partial charge is 0.151 e. The first-order chi connectivity index (χ1) is 11.7. The van der Waals surface area contributed by atoms with Crippen molar-refractivity contribution in [3.63, 3.8) is 0 Å². The molecule has 2 N–H and O–H groups in total. The summed E-state index contributed by atoms with van der Waals surface area (Å²) in [6.45, 7) is 3.41. The molecule has 0 aromatic heterocycles. The first kappa shape index (κ1) is 15.5. The highest BCUT2D eigenvalue weighted by Gasteiger charge is 2.24. The quantitative estimate of drug-likeness (QED) is 0.877. The van der Waals surface area contributed by atoms with Crippen molar-refractivity contribution < 1.29 is 9.84 Å². The number of aliphatic hydroxyl groups excluding tert-OH is 1. The molecule has 0 aliphatic carbocycles. The minimum atomic E-state index is -0.711. The molecular weight excluding hydrogens is 324 g/mol. The Labute approximate surface area is 146 Å². The van der Waals surface area contributed by atoms with Crippen LogP contribution in [0.4, 0.5) is 11.4 Å². The first-order valence-electron chi connectivity index (χ1n) is 8.09. The molecule has 1 unspecified atom stereocenters. The van der Waals surface area contributed by atoms with Crippen LogP contribution in [-0.2, 0) is 4.74 Å². The third-order valence-corrected chi connectivity index (χ3v) is 4.71. The molecule has 2 heterocycles. The molecule has 1 atom stereocenters. The molecule has 2 aromatic carbocycles. The largest absolute Gasteiger partial charge is 0.378 e. The Hall–Kier alpha value is -2.01. The van der Waals surface area contributed by atoms with Crippen LogP contribution >= 0.6 is 11.6 Å². The van der Waals surface area contributed by atoms with E-state index in [0.717, 1.165) is 48.7 Å². The number of anilines is 2. The van der Waals surface area contributed by atoms with Crippen molar-refractivity contribution in [1.29, 1.82) is 0 Å². The second-order valence-electron chi connectivity index (χ2n) is 6.03. The van der Waals surface area contributed by atoms with Gasteiger partial charge in [-0.15, -0.1) is 0 Å². The molecule has 0 bridgehead atoms. The number of ether oxygens (including phenoxy) is 1. The van der Waals surface area contributed by atoms with Gasteiger partial charge >= 0.3 is 0 Å². The summed E-state index contributed by atoms with van der Waals surface area (Å²) in [6, 6.07) is 14.0. The van der Waals surface area contributed by atoms with Crippen LogP contribution in [0, 0.1) is 0 Å². The van der Waals surface area contributed by atoms with E-state index in [9.17, 15) is 5.11 Å². The monoisotopic (exact) mass is 342 g/mol.